The number of fused-ring (bicyclic) bond motifs is 1. The minimum Gasteiger partial charge on any atom is -0.464 e. The van der Waals surface area contributed by atoms with Gasteiger partial charge in [0.05, 0.1) is 23.1 Å². The first-order chi connectivity index (χ1) is 18.5. The van der Waals surface area contributed by atoms with Gasteiger partial charge in [0.2, 0.25) is 0 Å². The summed E-state index contributed by atoms with van der Waals surface area (Å²) >= 11 is 1.63. The van der Waals surface area contributed by atoms with Crippen molar-refractivity contribution in [2.45, 2.75) is 38.2 Å². The number of allylic oxidation sites excluding steroid dienone is 3. The monoisotopic (exact) mass is 523 g/mol. The number of ether oxygens (including phenoxy) is 1. The summed E-state index contributed by atoms with van der Waals surface area (Å²) in [5.74, 6) is -1.50. The summed E-state index contributed by atoms with van der Waals surface area (Å²) in [6, 6.07) is 20.4. The maximum Gasteiger partial charge on any atom is 0.337 e. The highest BCUT2D eigenvalue weighted by Gasteiger charge is 2.43. The number of benzene rings is 2. The van der Waals surface area contributed by atoms with Crippen molar-refractivity contribution in [2.24, 2.45) is 0 Å². The van der Waals surface area contributed by atoms with E-state index in [9.17, 15) is 14.4 Å². The van der Waals surface area contributed by atoms with Gasteiger partial charge in [-0.3, -0.25) is 9.59 Å². The predicted octanol–water partition coefficient (Wildman–Crippen LogP) is 5.96. The summed E-state index contributed by atoms with van der Waals surface area (Å²) in [6.07, 6.45) is 2.31. The number of ketones is 1. The molecule has 0 radical (unpaired) electrons. The topological polar surface area (TPSA) is 85.6 Å². The molecule has 190 valence electrons. The maximum absolute atomic E-state index is 13.7. The van der Waals surface area contributed by atoms with Gasteiger partial charge >= 0.3 is 5.97 Å². The van der Waals surface area contributed by atoms with E-state index < -0.39 is 11.9 Å². The van der Waals surface area contributed by atoms with E-state index in [0.29, 0.717) is 35.1 Å². The average Bonchev–Trinajstić information content (AvgIpc) is 3.47. The van der Waals surface area contributed by atoms with E-state index in [1.165, 1.54) is 6.26 Å². The van der Waals surface area contributed by atoms with Crippen LogP contribution in [0.5, 0.6) is 0 Å². The molecule has 0 spiro atoms. The summed E-state index contributed by atoms with van der Waals surface area (Å²) < 4.78 is 11.5. The molecule has 6 rings (SSSR count). The van der Waals surface area contributed by atoms with Crippen molar-refractivity contribution in [3.8, 4) is 0 Å². The normalized spacial score (nSPS) is 19.3. The summed E-state index contributed by atoms with van der Waals surface area (Å²) in [5, 5.41) is 5.75. The Kier molecular flexibility index (Phi) is 6.29. The molecular formula is C31H25NO5S. The molecule has 6 nitrogen and oxygen atoms in total. The molecule has 0 fully saturated rings. The van der Waals surface area contributed by atoms with Crippen LogP contribution in [0.3, 0.4) is 0 Å². The van der Waals surface area contributed by atoms with Crippen LogP contribution in [0, 0.1) is 0 Å². The van der Waals surface area contributed by atoms with E-state index in [1.54, 1.807) is 42.5 Å². The molecular weight excluding hydrogens is 498 g/mol. The molecule has 7 heteroatoms. The van der Waals surface area contributed by atoms with Gasteiger partial charge in [-0.05, 0) is 42.5 Å². The molecule has 0 saturated carbocycles. The van der Waals surface area contributed by atoms with Gasteiger partial charge < -0.3 is 14.5 Å². The number of esters is 1. The lowest BCUT2D eigenvalue weighted by Gasteiger charge is -2.36. The number of carbonyl (C=O) groups excluding carboxylic acids is 2. The Hall–Kier alpha value is -4.23. The number of rotatable bonds is 5. The number of dihydropyridines is 1. The second-order valence-electron chi connectivity index (χ2n) is 9.61. The molecule has 2 aromatic carbocycles. The van der Waals surface area contributed by atoms with E-state index >= 15 is 0 Å². The zero-order valence-corrected chi connectivity index (χ0v) is 21.5. The van der Waals surface area contributed by atoms with Crippen LogP contribution in [-0.2, 0) is 20.9 Å². The van der Waals surface area contributed by atoms with Gasteiger partial charge in [0.25, 0.3) is 0 Å². The molecule has 4 aromatic rings. The lowest BCUT2D eigenvalue weighted by Crippen LogP contribution is -2.37. The van der Waals surface area contributed by atoms with Crippen molar-refractivity contribution in [1.29, 1.82) is 0 Å². The Morgan fingerprint density at radius 2 is 1.82 bits per heavy atom. The maximum atomic E-state index is 13.7. The van der Waals surface area contributed by atoms with Gasteiger partial charge in [-0.1, -0.05) is 48.5 Å². The Morgan fingerprint density at radius 1 is 1.03 bits per heavy atom. The highest BCUT2D eigenvalue weighted by molar-refractivity contribution is 7.10. The van der Waals surface area contributed by atoms with Crippen molar-refractivity contribution in [1.82, 2.24) is 5.32 Å². The van der Waals surface area contributed by atoms with Crippen LogP contribution in [-0.4, -0.2) is 11.8 Å². The van der Waals surface area contributed by atoms with E-state index in [4.69, 9.17) is 9.15 Å². The first-order valence-corrected chi connectivity index (χ1v) is 13.4. The van der Waals surface area contributed by atoms with Crippen LogP contribution in [0.1, 0.15) is 47.6 Å². The van der Waals surface area contributed by atoms with Crippen molar-refractivity contribution in [3.63, 3.8) is 0 Å². The number of Topliss-reactive ketones (excluding diaryl/α,β-unsaturated/α-hetero) is 1. The van der Waals surface area contributed by atoms with Gasteiger partial charge in [-0.25, -0.2) is 4.79 Å². The zero-order valence-electron chi connectivity index (χ0n) is 20.7. The minimum absolute atomic E-state index is 0.0433. The van der Waals surface area contributed by atoms with Crippen LogP contribution >= 0.6 is 11.3 Å². The number of carbonyl (C=O) groups is 2. The highest BCUT2D eigenvalue weighted by atomic mass is 32.1. The summed E-state index contributed by atoms with van der Waals surface area (Å²) in [7, 11) is 0. The number of thiophene rings is 1. The van der Waals surface area contributed by atoms with Crippen LogP contribution in [0.4, 0.5) is 0 Å². The molecule has 1 N–H and O–H groups in total. The highest BCUT2D eigenvalue weighted by Crippen LogP contribution is 2.46. The van der Waals surface area contributed by atoms with E-state index in [2.05, 4.69) is 5.32 Å². The molecule has 0 amide bonds. The van der Waals surface area contributed by atoms with Crippen molar-refractivity contribution in [2.75, 3.05) is 0 Å². The van der Waals surface area contributed by atoms with Crippen molar-refractivity contribution >= 4 is 34.1 Å². The molecule has 2 atom stereocenters. The Balaban J connectivity index is 1.45. The minimum atomic E-state index is -0.882. The van der Waals surface area contributed by atoms with Gasteiger partial charge in [0.1, 0.15) is 12.2 Å². The summed E-state index contributed by atoms with van der Waals surface area (Å²) in [6.45, 7) is 1.87. The third kappa shape index (κ3) is 4.29. The second kappa shape index (κ2) is 9.91. The largest absolute Gasteiger partial charge is 0.464 e. The fraction of sp³-hybridized carbons (Fsp3) is 0.194. The molecule has 2 aliphatic rings. The fourth-order valence-corrected chi connectivity index (χ4v) is 6.27. The lowest BCUT2D eigenvalue weighted by molar-refractivity contribution is -0.140. The molecule has 0 saturated heterocycles. The van der Waals surface area contributed by atoms with Crippen LogP contribution in [0.25, 0.3) is 11.0 Å². The lowest BCUT2D eigenvalue weighted by atomic mass is 9.73. The predicted molar refractivity (Wildman–Crippen MR) is 146 cm³/mol. The first kappa shape index (κ1) is 24.1. The number of para-hydroxylation sites is 1. The van der Waals surface area contributed by atoms with Gasteiger partial charge in [0.15, 0.2) is 11.2 Å². The van der Waals surface area contributed by atoms with E-state index in [-0.39, 0.29) is 34.9 Å². The van der Waals surface area contributed by atoms with Gasteiger partial charge in [-0.2, -0.15) is 0 Å². The van der Waals surface area contributed by atoms with Crippen LogP contribution in [0.2, 0.25) is 0 Å². The smallest absolute Gasteiger partial charge is 0.337 e. The number of nitrogens with one attached hydrogen (secondary N) is 1. The Morgan fingerprint density at radius 3 is 2.61 bits per heavy atom. The van der Waals surface area contributed by atoms with E-state index in [0.717, 1.165) is 16.1 Å². The van der Waals surface area contributed by atoms with Crippen LogP contribution in [0.15, 0.2) is 110 Å². The first-order valence-electron chi connectivity index (χ1n) is 12.5. The average molecular weight is 524 g/mol. The summed E-state index contributed by atoms with van der Waals surface area (Å²) in [4.78, 5) is 42.2. The van der Waals surface area contributed by atoms with Crippen LogP contribution < -0.4 is 10.7 Å². The number of hydrogen-bond acceptors (Lipinski definition) is 7. The second-order valence-corrected chi connectivity index (χ2v) is 10.6. The van der Waals surface area contributed by atoms with Gasteiger partial charge in [-0.15, -0.1) is 11.3 Å². The Bertz CT molecular complexity index is 1660. The third-order valence-electron chi connectivity index (χ3n) is 7.22. The third-order valence-corrected chi connectivity index (χ3v) is 8.26. The van der Waals surface area contributed by atoms with E-state index in [1.807, 2.05) is 47.8 Å². The quantitative estimate of drug-likeness (QED) is 0.325. The molecule has 3 heterocycles. The molecule has 1 aliphatic heterocycles. The fourth-order valence-electron chi connectivity index (χ4n) is 5.44. The van der Waals surface area contributed by atoms with Crippen molar-refractivity contribution in [3.05, 3.63) is 127 Å². The standard InChI is InChI=1S/C31H25NO5S/c1-18-27(31(35)37-16-19-8-3-2-4-9-19)28(22-17-36-25-11-6-5-10-21(25)30(22)34)29-23(32-18)14-20(15-24(29)33)26-12-7-13-38-26/h2-13,17,20,28,32H,14-16H2,1H3/t20-,28+/m0/s1. The Labute approximate surface area is 223 Å². The van der Waals surface area contributed by atoms with Gasteiger partial charge in [0, 0.05) is 39.7 Å². The molecule has 2 aromatic heterocycles. The number of hydrogen-bond donors (Lipinski definition) is 1. The molecule has 0 unspecified atom stereocenters. The van der Waals surface area contributed by atoms with Crippen molar-refractivity contribution < 1.29 is 18.7 Å². The molecule has 38 heavy (non-hydrogen) atoms. The summed E-state index contributed by atoms with van der Waals surface area (Å²) in [5.41, 5.74) is 3.30. The molecule has 1 aliphatic carbocycles. The molecule has 0 bridgehead atoms. The SMILES string of the molecule is CC1=C(C(=O)OCc2ccccc2)[C@@H](c2coc3ccccc3c2=O)C2=C(C[C@H](c3cccs3)CC2=O)N1. The zero-order chi connectivity index (χ0) is 26.2.